The molecule has 14 heavy (non-hydrogen) atoms. The Morgan fingerprint density at radius 2 is 2.14 bits per heavy atom. The normalized spacial score (nSPS) is 11.0. The van der Waals surface area contributed by atoms with Crippen molar-refractivity contribution in [3.63, 3.8) is 0 Å². The fourth-order valence-electron chi connectivity index (χ4n) is 1.58. The summed E-state index contributed by atoms with van der Waals surface area (Å²) in [5.74, 6) is 0. The summed E-state index contributed by atoms with van der Waals surface area (Å²) in [6, 6.07) is 8.20. The molecule has 0 unspecified atom stereocenters. The number of benzene rings is 1. The first kappa shape index (κ1) is 9.71. The second-order valence-electron chi connectivity index (χ2n) is 3.25. The fraction of sp³-hybridized carbons (Fsp3) is 0.273. The molecule has 1 heterocycles. The zero-order valence-corrected chi connectivity index (χ0v) is 9.30. The molecule has 1 aromatic heterocycles. The first-order chi connectivity index (χ1) is 6.81. The number of alkyl halides is 1. The SMILES string of the molecule is FCCCn1ccc2ccc(Br)cc21. The van der Waals surface area contributed by atoms with E-state index in [9.17, 15) is 4.39 Å². The van der Waals surface area contributed by atoms with Crippen molar-refractivity contribution in [3.05, 3.63) is 34.9 Å². The third kappa shape index (κ3) is 1.82. The summed E-state index contributed by atoms with van der Waals surface area (Å²) >= 11 is 3.43. The zero-order chi connectivity index (χ0) is 9.97. The van der Waals surface area contributed by atoms with Crippen molar-refractivity contribution in [2.75, 3.05) is 6.67 Å². The van der Waals surface area contributed by atoms with Crippen LogP contribution in [-0.2, 0) is 6.54 Å². The maximum Gasteiger partial charge on any atom is 0.0911 e. The Labute approximate surface area is 90.7 Å². The highest BCUT2D eigenvalue weighted by Crippen LogP contribution is 2.21. The van der Waals surface area contributed by atoms with Crippen LogP contribution in [0, 0.1) is 0 Å². The average Bonchev–Trinajstić information content (AvgIpc) is 2.57. The molecule has 0 bridgehead atoms. The number of halogens is 2. The number of aromatic nitrogens is 1. The summed E-state index contributed by atoms with van der Waals surface area (Å²) < 4.78 is 15.2. The van der Waals surface area contributed by atoms with E-state index in [2.05, 4.69) is 38.7 Å². The van der Waals surface area contributed by atoms with Gasteiger partial charge in [0.25, 0.3) is 0 Å². The minimum Gasteiger partial charge on any atom is -0.347 e. The minimum atomic E-state index is -0.256. The maximum atomic E-state index is 12.0. The van der Waals surface area contributed by atoms with E-state index in [0.29, 0.717) is 6.42 Å². The van der Waals surface area contributed by atoms with Gasteiger partial charge in [-0.25, -0.2) is 0 Å². The van der Waals surface area contributed by atoms with Gasteiger partial charge in [0.15, 0.2) is 0 Å². The monoisotopic (exact) mass is 255 g/mol. The second-order valence-corrected chi connectivity index (χ2v) is 4.17. The highest BCUT2D eigenvalue weighted by Gasteiger charge is 2.00. The van der Waals surface area contributed by atoms with Crippen LogP contribution in [0.15, 0.2) is 34.9 Å². The highest BCUT2D eigenvalue weighted by atomic mass is 79.9. The lowest BCUT2D eigenvalue weighted by molar-refractivity contribution is 0.450. The largest absolute Gasteiger partial charge is 0.347 e. The predicted octanol–water partition coefficient (Wildman–Crippen LogP) is 3.76. The Morgan fingerprint density at radius 1 is 1.29 bits per heavy atom. The van der Waals surface area contributed by atoms with E-state index in [4.69, 9.17) is 0 Å². The van der Waals surface area contributed by atoms with Gasteiger partial charge in [0.1, 0.15) is 0 Å². The van der Waals surface area contributed by atoms with Crippen molar-refractivity contribution in [1.82, 2.24) is 4.57 Å². The van der Waals surface area contributed by atoms with Crippen molar-refractivity contribution >= 4 is 26.8 Å². The van der Waals surface area contributed by atoms with Gasteiger partial charge < -0.3 is 4.57 Å². The lowest BCUT2D eigenvalue weighted by atomic mass is 10.2. The quantitative estimate of drug-likeness (QED) is 0.787. The Hall–Kier alpha value is -0.830. The van der Waals surface area contributed by atoms with Gasteiger partial charge in [-0.2, -0.15) is 0 Å². The van der Waals surface area contributed by atoms with Gasteiger partial charge in [-0.05, 0) is 30.0 Å². The van der Waals surface area contributed by atoms with Crippen molar-refractivity contribution in [2.45, 2.75) is 13.0 Å². The van der Waals surface area contributed by atoms with Gasteiger partial charge in [0, 0.05) is 22.7 Å². The Balaban J connectivity index is 2.40. The molecule has 0 saturated carbocycles. The van der Waals surface area contributed by atoms with E-state index < -0.39 is 0 Å². The van der Waals surface area contributed by atoms with Gasteiger partial charge >= 0.3 is 0 Å². The number of nitrogens with zero attached hydrogens (tertiary/aromatic N) is 1. The molecule has 1 nitrogen and oxygen atoms in total. The number of rotatable bonds is 3. The van der Waals surface area contributed by atoms with Gasteiger partial charge in [-0.15, -0.1) is 0 Å². The van der Waals surface area contributed by atoms with Crippen LogP contribution in [0.25, 0.3) is 10.9 Å². The van der Waals surface area contributed by atoms with Crippen LogP contribution in [0.3, 0.4) is 0 Å². The Bertz CT molecular complexity index is 436. The van der Waals surface area contributed by atoms with Crippen LogP contribution in [-0.4, -0.2) is 11.2 Å². The summed E-state index contributed by atoms with van der Waals surface area (Å²) in [4.78, 5) is 0. The lowest BCUT2D eigenvalue weighted by Crippen LogP contribution is -1.96. The second kappa shape index (κ2) is 4.13. The van der Waals surface area contributed by atoms with Gasteiger partial charge in [0.2, 0.25) is 0 Å². The van der Waals surface area contributed by atoms with Crippen LogP contribution < -0.4 is 0 Å². The molecule has 2 aromatic rings. The Morgan fingerprint density at radius 3 is 2.93 bits per heavy atom. The molecule has 0 atom stereocenters. The molecule has 0 spiro atoms. The number of fused-ring (bicyclic) bond motifs is 1. The minimum absolute atomic E-state index is 0.256. The molecule has 0 fully saturated rings. The van der Waals surface area contributed by atoms with Crippen LogP contribution in [0.5, 0.6) is 0 Å². The van der Waals surface area contributed by atoms with E-state index in [1.807, 2.05) is 12.3 Å². The van der Waals surface area contributed by atoms with Crippen molar-refractivity contribution < 1.29 is 4.39 Å². The van der Waals surface area contributed by atoms with E-state index >= 15 is 0 Å². The smallest absolute Gasteiger partial charge is 0.0911 e. The topological polar surface area (TPSA) is 4.93 Å². The van der Waals surface area contributed by atoms with Crippen LogP contribution in [0.4, 0.5) is 4.39 Å². The summed E-state index contributed by atoms with van der Waals surface area (Å²) in [7, 11) is 0. The van der Waals surface area contributed by atoms with E-state index in [1.54, 1.807) is 0 Å². The van der Waals surface area contributed by atoms with Crippen LogP contribution >= 0.6 is 15.9 Å². The molecule has 74 valence electrons. The van der Waals surface area contributed by atoms with E-state index in [0.717, 1.165) is 16.5 Å². The molecular formula is C11H11BrFN. The maximum absolute atomic E-state index is 12.0. The fourth-order valence-corrected chi connectivity index (χ4v) is 1.93. The third-order valence-electron chi connectivity index (χ3n) is 2.27. The predicted molar refractivity (Wildman–Crippen MR) is 60.2 cm³/mol. The number of hydrogen-bond donors (Lipinski definition) is 0. The molecule has 0 amide bonds. The average molecular weight is 256 g/mol. The first-order valence-corrected chi connectivity index (χ1v) is 5.41. The number of hydrogen-bond acceptors (Lipinski definition) is 0. The molecule has 2 rings (SSSR count). The first-order valence-electron chi connectivity index (χ1n) is 4.61. The molecule has 0 aliphatic carbocycles. The molecule has 0 N–H and O–H groups in total. The van der Waals surface area contributed by atoms with Crippen LogP contribution in [0.2, 0.25) is 0 Å². The molecule has 0 aliphatic heterocycles. The summed E-state index contributed by atoms with van der Waals surface area (Å²) in [6.45, 7) is 0.490. The molecule has 0 saturated heterocycles. The van der Waals surface area contributed by atoms with Crippen molar-refractivity contribution in [2.24, 2.45) is 0 Å². The molecular weight excluding hydrogens is 245 g/mol. The molecule has 1 aromatic carbocycles. The summed E-state index contributed by atoms with van der Waals surface area (Å²) in [6.07, 6.45) is 2.59. The molecule has 0 aliphatic rings. The third-order valence-corrected chi connectivity index (χ3v) is 2.76. The van der Waals surface area contributed by atoms with Crippen molar-refractivity contribution in [1.29, 1.82) is 0 Å². The summed E-state index contributed by atoms with van der Waals surface area (Å²) in [5, 5.41) is 1.20. The highest BCUT2D eigenvalue weighted by molar-refractivity contribution is 9.10. The van der Waals surface area contributed by atoms with Gasteiger partial charge in [-0.1, -0.05) is 22.0 Å². The van der Waals surface area contributed by atoms with Gasteiger partial charge in [0.05, 0.1) is 6.67 Å². The number of aryl methyl sites for hydroxylation is 1. The molecule has 3 heteroatoms. The zero-order valence-electron chi connectivity index (χ0n) is 7.71. The van der Waals surface area contributed by atoms with Gasteiger partial charge in [-0.3, -0.25) is 4.39 Å². The van der Waals surface area contributed by atoms with E-state index in [1.165, 1.54) is 5.39 Å². The lowest BCUT2D eigenvalue weighted by Gasteiger charge is -2.03. The van der Waals surface area contributed by atoms with Crippen LogP contribution in [0.1, 0.15) is 6.42 Å². The van der Waals surface area contributed by atoms with Crippen molar-refractivity contribution in [3.8, 4) is 0 Å². The van der Waals surface area contributed by atoms with E-state index in [-0.39, 0.29) is 6.67 Å². The standard InChI is InChI=1S/C11H11BrFN/c12-10-3-2-9-4-7-14(6-1-5-13)11(9)8-10/h2-4,7-8H,1,5-6H2. The summed E-state index contributed by atoms with van der Waals surface area (Å²) in [5.41, 5.74) is 1.16. The molecule has 0 radical (unpaired) electrons. The Kier molecular flexibility index (Phi) is 2.87.